The van der Waals surface area contributed by atoms with E-state index < -0.39 is 0 Å². The number of nitro groups is 1. The number of rotatable bonds is 3. The topological polar surface area (TPSA) is 64.2 Å². The van der Waals surface area contributed by atoms with Crippen molar-refractivity contribution < 1.29 is 4.92 Å². The molecule has 0 N–H and O–H groups in total. The molecular formula is C13H11ClN4O2S. The maximum Gasteiger partial charge on any atom is 0.309 e. The van der Waals surface area contributed by atoms with Gasteiger partial charge in [0, 0.05) is 31.9 Å². The first-order valence-electron chi connectivity index (χ1n) is 6.30. The molecule has 0 aromatic carbocycles. The molecular weight excluding hydrogens is 312 g/mol. The van der Waals surface area contributed by atoms with Crippen molar-refractivity contribution in [2.75, 3.05) is 11.4 Å². The molecule has 1 aliphatic rings. The quantitative estimate of drug-likeness (QED) is 0.376. The summed E-state index contributed by atoms with van der Waals surface area (Å²) in [5, 5.41) is 11.6. The van der Waals surface area contributed by atoms with Gasteiger partial charge < -0.3 is 9.47 Å². The second-order valence-electron chi connectivity index (χ2n) is 4.70. The molecule has 0 bridgehead atoms. The molecule has 0 saturated heterocycles. The summed E-state index contributed by atoms with van der Waals surface area (Å²) in [5.41, 5.74) is 1.01. The van der Waals surface area contributed by atoms with E-state index in [1.807, 2.05) is 11.0 Å². The van der Waals surface area contributed by atoms with Crippen molar-refractivity contribution in [3.63, 3.8) is 0 Å². The Kier molecular flexibility index (Phi) is 3.60. The van der Waals surface area contributed by atoms with Crippen molar-refractivity contribution >= 4 is 35.3 Å². The average Bonchev–Trinajstić information content (AvgIpc) is 2.86. The lowest BCUT2D eigenvalue weighted by Gasteiger charge is -2.18. The standard InChI is InChI=1S/C13H11ClN4O2S/c14-11-3-1-9(7-15-11)8-16-5-6-17-12(21)4-2-10(13(16)17)18(19)20/h1-4,7H,5-6,8H2. The SMILES string of the molecule is O=[N+]([O-])c1ccc(=S)n2c1N(Cc1ccc(Cl)nc1)CC2. The molecule has 2 aromatic heterocycles. The van der Waals surface area contributed by atoms with Crippen LogP contribution in [0.3, 0.4) is 0 Å². The number of halogens is 1. The fraction of sp³-hybridized carbons (Fsp3) is 0.231. The average molecular weight is 323 g/mol. The van der Waals surface area contributed by atoms with Crippen LogP contribution < -0.4 is 4.90 Å². The van der Waals surface area contributed by atoms with Crippen molar-refractivity contribution in [1.29, 1.82) is 0 Å². The highest BCUT2D eigenvalue weighted by Gasteiger charge is 2.28. The minimum atomic E-state index is -0.376. The van der Waals surface area contributed by atoms with Gasteiger partial charge in [0.1, 0.15) is 9.79 Å². The van der Waals surface area contributed by atoms with Crippen molar-refractivity contribution in [2.45, 2.75) is 13.1 Å². The van der Waals surface area contributed by atoms with E-state index in [0.717, 1.165) is 5.56 Å². The Bertz CT molecular complexity index is 760. The highest BCUT2D eigenvalue weighted by Crippen LogP contribution is 2.33. The Labute approximate surface area is 130 Å². The van der Waals surface area contributed by atoms with Crippen LogP contribution in [-0.4, -0.2) is 21.0 Å². The van der Waals surface area contributed by atoms with E-state index in [-0.39, 0.29) is 10.6 Å². The summed E-state index contributed by atoms with van der Waals surface area (Å²) in [4.78, 5) is 16.8. The highest BCUT2D eigenvalue weighted by atomic mass is 35.5. The van der Waals surface area contributed by atoms with E-state index in [2.05, 4.69) is 4.98 Å². The van der Waals surface area contributed by atoms with Gasteiger partial charge in [0.05, 0.1) is 4.92 Å². The van der Waals surface area contributed by atoms with E-state index in [1.165, 1.54) is 6.07 Å². The molecule has 3 rings (SSSR count). The van der Waals surface area contributed by atoms with Gasteiger partial charge in [-0.2, -0.15) is 0 Å². The summed E-state index contributed by atoms with van der Waals surface area (Å²) in [5.74, 6) is 0.558. The molecule has 1 aliphatic heterocycles. The molecule has 0 unspecified atom stereocenters. The monoisotopic (exact) mass is 322 g/mol. The molecule has 21 heavy (non-hydrogen) atoms. The van der Waals surface area contributed by atoms with Gasteiger partial charge in [-0.1, -0.05) is 29.9 Å². The van der Waals surface area contributed by atoms with E-state index in [4.69, 9.17) is 23.8 Å². The van der Waals surface area contributed by atoms with Crippen LogP contribution in [0.2, 0.25) is 5.15 Å². The number of aromatic nitrogens is 2. The number of pyridine rings is 2. The number of hydrogen-bond acceptors (Lipinski definition) is 5. The van der Waals surface area contributed by atoms with Gasteiger partial charge in [0.15, 0.2) is 5.82 Å². The second kappa shape index (κ2) is 5.42. The van der Waals surface area contributed by atoms with Crippen molar-refractivity contribution in [1.82, 2.24) is 9.55 Å². The number of anilines is 1. The van der Waals surface area contributed by atoms with Crippen LogP contribution in [0.25, 0.3) is 0 Å². The summed E-state index contributed by atoms with van der Waals surface area (Å²) in [7, 11) is 0. The third-order valence-electron chi connectivity index (χ3n) is 3.39. The van der Waals surface area contributed by atoms with Gasteiger partial charge in [-0.05, 0) is 17.7 Å². The van der Waals surface area contributed by atoms with E-state index in [9.17, 15) is 10.1 Å². The number of fused-ring (bicyclic) bond motifs is 1. The largest absolute Gasteiger partial charge is 0.346 e. The summed E-state index contributed by atoms with van der Waals surface area (Å²) in [6.07, 6.45) is 1.67. The van der Waals surface area contributed by atoms with Crippen molar-refractivity contribution in [3.05, 3.63) is 55.9 Å². The van der Waals surface area contributed by atoms with Crippen LogP contribution in [0.15, 0.2) is 30.5 Å². The van der Waals surface area contributed by atoms with E-state index in [0.29, 0.717) is 35.2 Å². The molecule has 2 aromatic rings. The van der Waals surface area contributed by atoms with Crippen LogP contribution in [-0.2, 0) is 13.1 Å². The van der Waals surface area contributed by atoms with Crippen LogP contribution in [0, 0.1) is 14.8 Å². The Hall–Kier alpha value is -1.99. The molecule has 3 heterocycles. The van der Waals surface area contributed by atoms with Gasteiger partial charge in [-0.25, -0.2) is 4.98 Å². The first-order chi connectivity index (χ1) is 10.1. The smallest absolute Gasteiger partial charge is 0.309 e. The first-order valence-corrected chi connectivity index (χ1v) is 7.08. The lowest BCUT2D eigenvalue weighted by Crippen LogP contribution is -2.20. The normalized spacial score (nSPS) is 13.3. The van der Waals surface area contributed by atoms with Crippen LogP contribution >= 0.6 is 23.8 Å². The molecule has 108 valence electrons. The number of nitrogens with zero attached hydrogens (tertiary/aromatic N) is 4. The predicted octanol–water partition coefficient (Wildman–Crippen LogP) is 3.19. The Morgan fingerprint density at radius 2 is 2.14 bits per heavy atom. The zero-order valence-corrected chi connectivity index (χ0v) is 12.5. The minimum absolute atomic E-state index is 0.0722. The van der Waals surface area contributed by atoms with Crippen LogP contribution in [0.4, 0.5) is 11.5 Å². The van der Waals surface area contributed by atoms with Crippen molar-refractivity contribution in [3.8, 4) is 0 Å². The second-order valence-corrected chi connectivity index (χ2v) is 5.51. The lowest BCUT2D eigenvalue weighted by atomic mass is 10.2. The molecule has 0 amide bonds. The van der Waals surface area contributed by atoms with Gasteiger partial charge in [0.2, 0.25) is 0 Å². The zero-order chi connectivity index (χ0) is 15.0. The zero-order valence-electron chi connectivity index (χ0n) is 10.9. The number of hydrogen-bond donors (Lipinski definition) is 0. The molecule has 0 radical (unpaired) electrons. The third-order valence-corrected chi connectivity index (χ3v) is 3.97. The summed E-state index contributed by atoms with van der Waals surface area (Å²) >= 11 is 11.0. The minimum Gasteiger partial charge on any atom is -0.346 e. The molecule has 0 atom stereocenters. The molecule has 0 aliphatic carbocycles. The maximum absolute atomic E-state index is 11.2. The molecule has 6 nitrogen and oxygen atoms in total. The Balaban J connectivity index is 1.99. The fourth-order valence-corrected chi connectivity index (χ4v) is 2.81. The fourth-order valence-electron chi connectivity index (χ4n) is 2.45. The Morgan fingerprint density at radius 3 is 2.81 bits per heavy atom. The molecule has 0 saturated carbocycles. The van der Waals surface area contributed by atoms with E-state index in [1.54, 1.807) is 22.9 Å². The van der Waals surface area contributed by atoms with Crippen molar-refractivity contribution in [2.24, 2.45) is 0 Å². The van der Waals surface area contributed by atoms with Gasteiger partial charge in [-0.3, -0.25) is 10.1 Å². The van der Waals surface area contributed by atoms with E-state index >= 15 is 0 Å². The van der Waals surface area contributed by atoms with Crippen LogP contribution in [0.5, 0.6) is 0 Å². The van der Waals surface area contributed by atoms with Gasteiger partial charge in [-0.15, -0.1) is 0 Å². The summed E-state index contributed by atoms with van der Waals surface area (Å²) in [6.45, 7) is 1.86. The third kappa shape index (κ3) is 2.62. The molecule has 0 fully saturated rings. The van der Waals surface area contributed by atoms with Gasteiger partial charge in [0.25, 0.3) is 0 Å². The highest BCUT2D eigenvalue weighted by molar-refractivity contribution is 7.71. The van der Waals surface area contributed by atoms with Crippen LogP contribution in [0.1, 0.15) is 5.56 Å². The lowest BCUT2D eigenvalue weighted by molar-refractivity contribution is -0.384. The maximum atomic E-state index is 11.2. The first kappa shape index (κ1) is 14.0. The summed E-state index contributed by atoms with van der Waals surface area (Å²) < 4.78 is 2.41. The molecule has 0 spiro atoms. The predicted molar refractivity (Wildman–Crippen MR) is 82.2 cm³/mol. The Morgan fingerprint density at radius 1 is 1.33 bits per heavy atom. The molecule has 8 heteroatoms. The van der Waals surface area contributed by atoms with Gasteiger partial charge >= 0.3 is 5.69 Å². The summed E-state index contributed by atoms with van der Waals surface area (Å²) in [6, 6.07) is 6.64.